The number of carbonyl (C=O) groups is 1. The third kappa shape index (κ3) is 2.18. The third-order valence-electron chi connectivity index (χ3n) is 3.29. The third-order valence-corrected chi connectivity index (χ3v) is 3.29. The van der Waals surface area contributed by atoms with Crippen LogP contribution in [0, 0.1) is 5.92 Å². The summed E-state index contributed by atoms with van der Waals surface area (Å²) in [5.41, 5.74) is 7.30. The molecule has 0 saturated heterocycles. The lowest BCUT2D eigenvalue weighted by atomic mass is 10.1. The molecule has 3 nitrogen and oxygen atoms in total. The van der Waals surface area contributed by atoms with Crippen molar-refractivity contribution in [2.75, 3.05) is 17.7 Å². The minimum absolute atomic E-state index is 0.214. The summed E-state index contributed by atoms with van der Waals surface area (Å²) in [4.78, 5) is 13.9. The zero-order valence-electron chi connectivity index (χ0n) is 9.65. The van der Waals surface area contributed by atoms with E-state index in [1.807, 2.05) is 31.3 Å². The molecule has 0 aromatic heterocycles. The van der Waals surface area contributed by atoms with Crippen molar-refractivity contribution < 1.29 is 4.79 Å². The molecule has 2 rings (SSSR count). The molecule has 2 N–H and O–H groups in total. The maximum absolute atomic E-state index is 12.1. The van der Waals surface area contributed by atoms with Gasteiger partial charge in [-0.25, -0.2) is 0 Å². The predicted octanol–water partition coefficient (Wildman–Crippen LogP) is 2.42. The van der Waals surface area contributed by atoms with Crippen LogP contribution in [0.4, 0.5) is 11.4 Å². The summed E-state index contributed by atoms with van der Waals surface area (Å²) in [6.07, 6.45) is 4.43. The van der Waals surface area contributed by atoms with Crippen LogP contribution in [0.25, 0.3) is 0 Å². The first-order chi connectivity index (χ1) is 7.68. The average molecular weight is 218 g/mol. The Bertz CT molecular complexity index is 383. The van der Waals surface area contributed by atoms with Gasteiger partial charge in [0.25, 0.3) is 0 Å². The molecule has 3 heteroatoms. The number of amides is 1. The molecule has 1 amide bonds. The minimum Gasteiger partial charge on any atom is -0.399 e. The van der Waals surface area contributed by atoms with E-state index in [0.717, 1.165) is 18.5 Å². The summed E-state index contributed by atoms with van der Waals surface area (Å²) < 4.78 is 0. The van der Waals surface area contributed by atoms with Crippen molar-refractivity contribution in [2.24, 2.45) is 5.92 Å². The summed E-state index contributed by atoms with van der Waals surface area (Å²) in [7, 11) is 1.83. The molecular weight excluding hydrogens is 200 g/mol. The molecule has 1 aromatic rings. The highest BCUT2D eigenvalue weighted by atomic mass is 16.2. The van der Waals surface area contributed by atoms with Crippen LogP contribution in [0.15, 0.2) is 24.3 Å². The summed E-state index contributed by atoms with van der Waals surface area (Å²) in [6.45, 7) is 0. The zero-order valence-corrected chi connectivity index (χ0v) is 9.65. The van der Waals surface area contributed by atoms with Crippen LogP contribution < -0.4 is 10.6 Å². The van der Waals surface area contributed by atoms with Gasteiger partial charge in [0.2, 0.25) is 5.91 Å². The average Bonchev–Trinajstić information content (AvgIpc) is 2.80. The molecule has 0 radical (unpaired) electrons. The molecule has 1 fully saturated rings. The lowest BCUT2D eigenvalue weighted by Crippen LogP contribution is -2.31. The first-order valence-corrected chi connectivity index (χ1v) is 5.81. The van der Waals surface area contributed by atoms with E-state index in [4.69, 9.17) is 5.73 Å². The van der Waals surface area contributed by atoms with Crippen molar-refractivity contribution in [2.45, 2.75) is 25.7 Å². The lowest BCUT2D eigenvalue weighted by Gasteiger charge is -2.21. The van der Waals surface area contributed by atoms with Gasteiger partial charge in [-0.3, -0.25) is 4.79 Å². The highest BCUT2D eigenvalue weighted by Crippen LogP contribution is 2.28. The monoisotopic (exact) mass is 218 g/mol. The van der Waals surface area contributed by atoms with Gasteiger partial charge >= 0.3 is 0 Å². The Hall–Kier alpha value is -1.51. The second-order valence-electron chi connectivity index (χ2n) is 4.47. The maximum atomic E-state index is 12.1. The molecule has 16 heavy (non-hydrogen) atoms. The van der Waals surface area contributed by atoms with Crippen LogP contribution in [0.3, 0.4) is 0 Å². The SMILES string of the molecule is CN(C(=O)C1CCCC1)c1cccc(N)c1. The molecule has 1 aliphatic carbocycles. The second-order valence-corrected chi connectivity index (χ2v) is 4.47. The van der Waals surface area contributed by atoms with Crippen molar-refractivity contribution in [3.05, 3.63) is 24.3 Å². The number of hydrogen-bond donors (Lipinski definition) is 1. The van der Waals surface area contributed by atoms with Crippen LogP contribution in [-0.4, -0.2) is 13.0 Å². The molecule has 1 saturated carbocycles. The fourth-order valence-corrected chi connectivity index (χ4v) is 2.31. The Balaban J connectivity index is 2.11. The molecule has 0 aliphatic heterocycles. The molecule has 86 valence electrons. The van der Waals surface area contributed by atoms with Gasteiger partial charge < -0.3 is 10.6 Å². The standard InChI is InChI=1S/C13H18N2O/c1-15(12-8-4-7-11(14)9-12)13(16)10-5-2-3-6-10/h4,7-10H,2-3,5-6,14H2,1H3. The highest BCUT2D eigenvalue weighted by Gasteiger charge is 2.25. The Kier molecular flexibility index (Phi) is 3.13. The van der Waals surface area contributed by atoms with E-state index in [-0.39, 0.29) is 11.8 Å². The molecule has 0 atom stereocenters. The van der Waals surface area contributed by atoms with E-state index in [1.165, 1.54) is 12.8 Å². The van der Waals surface area contributed by atoms with E-state index in [0.29, 0.717) is 5.69 Å². The number of anilines is 2. The van der Waals surface area contributed by atoms with Gasteiger partial charge in [0.1, 0.15) is 0 Å². The fourth-order valence-electron chi connectivity index (χ4n) is 2.31. The molecule has 0 bridgehead atoms. The van der Waals surface area contributed by atoms with E-state index in [2.05, 4.69) is 0 Å². The smallest absolute Gasteiger partial charge is 0.229 e. The minimum atomic E-state index is 0.214. The maximum Gasteiger partial charge on any atom is 0.229 e. The molecule has 1 aliphatic rings. The van der Waals surface area contributed by atoms with Gasteiger partial charge in [0.05, 0.1) is 0 Å². The van der Waals surface area contributed by atoms with E-state index < -0.39 is 0 Å². The number of nitrogen functional groups attached to an aromatic ring is 1. The van der Waals surface area contributed by atoms with Crippen molar-refractivity contribution in [3.8, 4) is 0 Å². The quantitative estimate of drug-likeness (QED) is 0.775. The Morgan fingerprint density at radius 3 is 2.69 bits per heavy atom. The molecular formula is C13H18N2O. The first-order valence-electron chi connectivity index (χ1n) is 5.81. The molecule has 0 spiro atoms. The van der Waals surface area contributed by atoms with E-state index >= 15 is 0 Å². The van der Waals surface area contributed by atoms with Gasteiger partial charge in [-0.15, -0.1) is 0 Å². The van der Waals surface area contributed by atoms with Crippen LogP contribution in [0.2, 0.25) is 0 Å². The lowest BCUT2D eigenvalue weighted by molar-refractivity contribution is -0.121. The Morgan fingerprint density at radius 2 is 2.06 bits per heavy atom. The number of rotatable bonds is 2. The zero-order chi connectivity index (χ0) is 11.5. The van der Waals surface area contributed by atoms with Gasteiger partial charge in [-0.1, -0.05) is 18.9 Å². The van der Waals surface area contributed by atoms with Gasteiger partial charge in [0.15, 0.2) is 0 Å². The fraction of sp³-hybridized carbons (Fsp3) is 0.462. The molecule has 0 heterocycles. The van der Waals surface area contributed by atoms with E-state index in [9.17, 15) is 4.79 Å². The van der Waals surface area contributed by atoms with Crippen LogP contribution in [0.5, 0.6) is 0 Å². The predicted molar refractivity (Wildman–Crippen MR) is 66.2 cm³/mol. The Labute approximate surface area is 96.2 Å². The summed E-state index contributed by atoms with van der Waals surface area (Å²) >= 11 is 0. The van der Waals surface area contributed by atoms with Crippen LogP contribution in [-0.2, 0) is 4.79 Å². The summed E-state index contributed by atoms with van der Waals surface area (Å²) in [5.74, 6) is 0.439. The van der Waals surface area contributed by atoms with Crippen molar-refractivity contribution in [1.29, 1.82) is 0 Å². The largest absolute Gasteiger partial charge is 0.399 e. The van der Waals surface area contributed by atoms with Gasteiger partial charge in [0, 0.05) is 24.3 Å². The van der Waals surface area contributed by atoms with Gasteiger partial charge in [-0.2, -0.15) is 0 Å². The Morgan fingerprint density at radius 1 is 1.38 bits per heavy atom. The normalized spacial score (nSPS) is 16.3. The van der Waals surface area contributed by atoms with Gasteiger partial charge in [-0.05, 0) is 31.0 Å². The van der Waals surface area contributed by atoms with Crippen LogP contribution >= 0.6 is 0 Å². The first kappa shape index (κ1) is 11.0. The van der Waals surface area contributed by atoms with E-state index in [1.54, 1.807) is 4.90 Å². The topological polar surface area (TPSA) is 46.3 Å². The summed E-state index contributed by atoms with van der Waals surface area (Å²) in [5, 5.41) is 0. The number of hydrogen-bond acceptors (Lipinski definition) is 2. The van der Waals surface area contributed by atoms with Crippen LogP contribution in [0.1, 0.15) is 25.7 Å². The summed E-state index contributed by atoms with van der Waals surface area (Å²) in [6, 6.07) is 7.47. The number of nitrogens with zero attached hydrogens (tertiary/aromatic N) is 1. The van der Waals surface area contributed by atoms with Crippen molar-refractivity contribution in [3.63, 3.8) is 0 Å². The highest BCUT2D eigenvalue weighted by molar-refractivity contribution is 5.95. The number of benzene rings is 1. The molecule has 0 unspecified atom stereocenters. The van der Waals surface area contributed by atoms with Crippen molar-refractivity contribution >= 4 is 17.3 Å². The number of nitrogens with two attached hydrogens (primary N) is 1. The van der Waals surface area contributed by atoms with Crippen molar-refractivity contribution in [1.82, 2.24) is 0 Å². The number of carbonyl (C=O) groups excluding carboxylic acids is 1. The second kappa shape index (κ2) is 4.56. The molecule has 1 aromatic carbocycles.